The molecule has 0 aliphatic carbocycles. The fourth-order valence-corrected chi connectivity index (χ4v) is 3.37. The van der Waals surface area contributed by atoms with Crippen molar-refractivity contribution in [2.45, 2.75) is 0 Å². The molecule has 0 aliphatic rings. The van der Waals surface area contributed by atoms with Gasteiger partial charge in [0.15, 0.2) is 0 Å². The summed E-state index contributed by atoms with van der Waals surface area (Å²) in [5.74, 6) is 0. The van der Waals surface area contributed by atoms with E-state index in [4.69, 9.17) is 0 Å². The minimum atomic E-state index is 0.908. The van der Waals surface area contributed by atoms with E-state index in [1.165, 1.54) is 10.8 Å². The van der Waals surface area contributed by atoms with Crippen molar-refractivity contribution in [2.75, 3.05) is 0 Å². The smallest absolute Gasteiger partial charge is 0.116 e. The van der Waals surface area contributed by atoms with Gasteiger partial charge in [0, 0.05) is 22.9 Å². The number of pyridine rings is 1. The van der Waals surface area contributed by atoms with E-state index < -0.39 is 0 Å². The molecule has 2 heterocycles. The van der Waals surface area contributed by atoms with Crippen molar-refractivity contribution in [3.05, 3.63) is 104 Å². The second-order valence-corrected chi connectivity index (χ2v) is 6.64. The van der Waals surface area contributed by atoms with Crippen LogP contribution in [-0.2, 0) is 0 Å². The van der Waals surface area contributed by atoms with Crippen molar-refractivity contribution in [3.8, 4) is 33.8 Å². The maximum Gasteiger partial charge on any atom is 0.116 e. The van der Waals surface area contributed by atoms with Gasteiger partial charge in [0.05, 0.1) is 17.1 Å². The molecule has 2 aromatic heterocycles. The minimum Gasteiger partial charge on any atom is -0.256 e. The average molecular weight is 359 g/mol. The molecule has 132 valence electrons. The summed E-state index contributed by atoms with van der Waals surface area (Å²) in [5, 5.41) is 2.44. The van der Waals surface area contributed by atoms with Gasteiger partial charge < -0.3 is 0 Å². The third kappa shape index (κ3) is 3.14. The highest BCUT2D eigenvalue weighted by molar-refractivity contribution is 5.87. The number of hydrogen-bond donors (Lipinski definition) is 0. The molecule has 0 bridgehead atoms. The van der Waals surface area contributed by atoms with Crippen LogP contribution in [0.5, 0.6) is 0 Å². The van der Waals surface area contributed by atoms with Gasteiger partial charge in [-0.1, -0.05) is 66.7 Å². The van der Waals surface area contributed by atoms with Gasteiger partial charge in [-0.25, -0.2) is 9.97 Å². The maximum absolute atomic E-state index is 4.49. The van der Waals surface area contributed by atoms with Gasteiger partial charge >= 0.3 is 0 Å². The third-order valence-electron chi connectivity index (χ3n) is 4.85. The van der Waals surface area contributed by atoms with Crippen LogP contribution in [-0.4, -0.2) is 15.0 Å². The molecule has 0 saturated carbocycles. The highest BCUT2D eigenvalue weighted by Gasteiger charge is 2.06. The van der Waals surface area contributed by atoms with E-state index in [-0.39, 0.29) is 0 Å². The monoisotopic (exact) mass is 359 g/mol. The van der Waals surface area contributed by atoms with Gasteiger partial charge in [0.2, 0.25) is 0 Å². The number of aromatic nitrogens is 3. The molecule has 3 aromatic carbocycles. The van der Waals surface area contributed by atoms with Gasteiger partial charge in [0.25, 0.3) is 0 Å². The first-order valence-corrected chi connectivity index (χ1v) is 9.20. The lowest BCUT2D eigenvalue weighted by atomic mass is 10.0. The average Bonchev–Trinajstić information content (AvgIpc) is 2.79. The molecule has 0 spiro atoms. The van der Waals surface area contributed by atoms with E-state index in [2.05, 4.69) is 81.7 Å². The van der Waals surface area contributed by atoms with Crippen molar-refractivity contribution in [3.63, 3.8) is 0 Å². The normalized spacial score (nSPS) is 10.9. The third-order valence-corrected chi connectivity index (χ3v) is 4.85. The molecule has 5 rings (SSSR count). The zero-order valence-corrected chi connectivity index (χ0v) is 15.2. The molecular weight excluding hydrogens is 342 g/mol. The first-order chi connectivity index (χ1) is 13.9. The Bertz CT molecular complexity index is 1250. The topological polar surface area (TPSA) is 38.7 Å². The van der Waals surface area contributed by atoms with E-state index in [1.54, 1.807) is 6.33 Å². The molecule has 28 heavy (non-hydrogen) atoms. The lowest BCUT2D eigenvalue weighted by molar-refractivity contribution is 1.18. The Balaban J connectivity index is 1.50. The van der Waals surface area contributed by atoms with Gasteiger partial charge in [-0.15, -0.1) is 0 Å². The number of benzene rings is 3. The second-order valence-electron chi connectivity index (χ2n) is 6.64. The van der Waals surface area contributed by atoms with E-state index in [0.29, 0.717) is 0 Å². The van der Waals surface area contributed by atoms with Crippen LogP contribution in [0.1, 0.15) is 0 Å². The molecule has 0 aliphatic heterocycles. The molecule has 0 atom stereocenters. The van der Waals surface area contributed by atoms with Crippen LogP contribution in [0.25, 0.3) is 44.5 Å². The Morgan fingerprint density at radius 3 is 1.82 bits per heavy atom. The molecule has 0 saturated heterocycles. The molecule has 0 fully saturated rings. The highest BCUT2D eigenvalue weighted by Crippen LogP contribution is 2.27. The van der Waals surface area contributed by atoms with Crippen LogP contribution >= 0.6 is 0 Å². The SMILES string of the molecule is c1ccc(-c2ccc(-c3cc(-c4ccc5ccccc5c4)ncn3)cc2)nc1. The van der Waals surface area contributed by atoms with E-state index in [0.717, 1.165) is 33.8 Å². The second kappa shape index (κ2) is 7.05. The molecule has 3 nitrogen and oxygen atoms in total. The van der Waals surface area contributed by atoms with Crippen molar-refractivity contribution < 1.29 is 0 Å². The fourth-order valence-electron chi connectivity index (χ4n) is 3.37. The van der Waals surface area contributed by atoms with E-state index in [1.807, 2.05) is 30.5 Å². The van der Waals surface area contributed by atoms with Gasteiger partial charge in [0.1, 0.15) is 6.33 Å². The summed E-state index contributed by atoms with van der Waals surface area (Å²) < 4.78 is 0. The zero-order chi connectivity index (χ0) is 18.8. The van der Waals surface area contributed by atoms with Crippen LogP contribution in [0, 0.1) is 0 Å². The number of rotatable bonds is 3. The number of fused-ring (bicyclic) bond motifs is 1. The molecular formula is C25H17N3. The fraction of sp³-hybridized carbons (Fsp3) is 0. The zero-order valence-electron chi connectivity index (χ0n) is 15.2. The molecule has 0 unspecified atom stereocenters. The number of hydrogen-bond acceptors (Lipinski definition) is 3. The van der Waals surface area contributed by atoms with Gasteiger partial charge in [-0.3, -0.25) is 4.98 Å². The lowest BCUT2D eigenvalue weighted by Gasteiger charge is -2.07. The van der Waals surface area contributed by atoms with E-state index in [9.17, 15) is 0 Å². The molecule has 5 aromatic rings. The van der Waals surface area contributed by atoms with Crippen LogP contribution in [0.3, 0.4) is 0 Å². The highest BCUT2D eigenvalue weighted by atomic mass is 14.8. The summed E-state index contributed by atoms with van der Waals surface area (Å²) >= 11 is 0. The van der Waals surface area contributed by atoms with Crippen molar-refractivity contribution in [1.29, 1.82) is 0 Å². The summed E-state index contributed by atoms with van der Waals surface area (Å²) in [5.41, 5.74) is 6.04. The lowest BCUT2D eigenvalue weighted by Crippen LogP contribution is -1.90. The summed E-state index contributed by atoms with van der Waals surface area (Å²) in [6.07, 6.45) is 3.44. The van der Waals surface area contributed by atoms with E-state index >= 15 is 0 Å². The van der Waals surface area contributed by atoms with Crippen LogP contribution in [0.4, 0.5) is 0 Å². The summed E-state index contributed by atoms with van der Waals surface area (Å²) in [6.45, 7) is 0. The molecule has 0 N–H and O–H groups in total. The quantitative estimate of drug-likeness (QED) is 0.395. The van der Waals surface area contributed by atoms with Crippen LogP contribution in [0.15, 0.2) is 104 Å². The van der Waals surface area contributed by atoms with Crippen LogP contribution in [0.2, 0.25) is 0 Å². The van der Waals surface area contributed by atoms with Crippen LogP contribution < -0.4 is 0 Å². The number of nitrogens with zero attached hydrogens (tertiary/aromatic N) is 3. The van der Waals surface area contributed by atoms with Gasteiger partial charge in [-0.2, -0.15) is 0 Å². The Morgan fingerprint density at radius 1 is 0.429 bits per heavy atom. The summed E-state index contributed by atoms with van der Waals surface area (Å²) in [7, 11) is 0. The predicted octanol–water partition coefficient (Wildman–Crippen LogP) is 6.03. The Hall–Kier alpha value is -3.85. The summed E-state index contributed by atoms with van der Waals surface area (Å²) in [6, 6.07) is 31.1. The van der Waals surface area contributed by atoms with Crippen molar-refractivity contribution in [2.24, 2.45) is 0 Å². The Kier molecular flexibility index (Phi) is 4.11. The van der Waals surface area contributed by atoms with Gasteiger partial charge in [-0.05, 0) is 35.0 Å². The largest absolute Gasteiger partial charge is 0.256 e. The predicted molar refractivity (Wildman–Crippen MR) is 114 cm³/mol. The minimum absolute atomic E-state index is 0.908. The van der Waals surface area contributed by atoms with Crippen molar-refractivity contribution in [1.82, 2.24) is 15.0 Å². The summed E-state index contributed by atoms with van der Waals surface area (Å²) in [4.78, 5) is 13.4. The Morgan fingerprint density at radius 2 is 1.07 bits per heavy atom. The standard InChI is InChI=1S/C25H17N3/c1-2-6-21-15-22(13-8-18(21)5-1)25-16-24(27-17-28-25)20-11-9-19(10-12-20)23-7-3-4-14-26-23/h1-17H. The first kappa shape index (κ1) is 16.3. The molecule has 0 radical (unpaired) electrons. The Labute approximate surface area is 163 Å². The maximum atomic E-state index is 4.49. The molecule has 0 amide bonds. The first-order valence-electron chi connectivity index (χ1n) is 9.20. The van der Waals surface area contributed by atoms with Crippen molar-refractivity contribution >= 4 is 10.8 Å². The molecule has 3 heteroatoms.